The number of carbonyl (C=O) groups is 1. The van der Waals surface area contributed by atoms with Crippen LogP contribution in [-0.2, 0) is 4.79 Å². The van der Waals surface area contributed by atoms with Gasteiger partial charge in [-0.2, -0.15) is 0 Å². The summed E-state index contributed by atoms with van der Waals surface area (Å²) in [6.45, 7) is 0. The minimum atomic E-state index is -1.08. The summed E-state index contributed by atoms with van der Waals surface area (Å²) < 4.78 is 0. The van der Waals surface area contributed by atoms with E-state index in [0.717, 1.165) is 0 Å². The number of rotatable bonds is 1. The van der Waals surface area contributed by atoms with Crippen LogP contribution in [0.3, 0.4) is 0 Å². The van der Waals surface area contributed by atoms with Crippen LogP contribution < -0.4 is 17.5 Å². The molecule has 0 aliphatic heterocycles. The van der Waals surface area contributed by atoms with Gasteiger partial charge in [-0.15, -0.1) is 0 Å². The van der Waals surface area contributed by atoms with Crippen molar-refractivity contribution in [1.82, 2.24) is 0 Å². The molecule has 0 heterocycles. The molecule has 0 spiro atoms. The van der Waals surface area contributed by atoms with Gasteiger partial charge < -0.3 is 22.3 Å². The summed E-state index contributed by atoms with van der Waals surface area (Å²) in [4.78, 5) is 9.21. The van der Waals surface area contributed by atoms with Crippen LogP contribution in [0.2, 0.25) is 0 Å². The topological polar surface area (TPSA) is 40.1 Å². The fraction of sp³-hybridized carbons (Fsp3) is 0.500. The second-order valence-electron chi connectivity index (χ2n) is 0.506. The Labute approximate surface area is 72.4 Å². The van der Waals surface area contributed by atoms with E-state index in [1.54, 1.807) is 0 Å². The van der Waals surface area contributed by atoms with Gasteiger partial charge in [-0.1, -0.05) is 15.9 Å². The van der Waals surface area contributed by atoms with Gasteiger partial charge in [0.2, 0.25) is 0 Å². The molecule has 0 amide bonds. The third-order valence-corrected chi connectivity index (χ3v) is 0.567. The van der Waals surface area contributed by atoms with Crippen molar-refractivity contribution < 1.29 is 22.3 Å². The van der Waals surface area contributed by atoms with Crippen molar-refractivity contribution in [2.75, 3.05) is 5.33 Å². The Morgan fingerprint density at radius 2 is 1.86 bits per heavy atom. The largest absolute Gasteiger partial charge is 2.00 e. The molecule has 2 nitrogen and oxygen atoms in total. The van der Waals surface area contributed by atoms with E-state index in [1.165, 1.54) is 0 Å². The van der Waals surface area contributed by atoms with Crippen LogP contribution in [0, 0.1) is 0 Å². The first kappa shape index (κ1) is 15.7. The molecule has 0 aliphatic rings. The molecule has 0 bridgehead atoms. The van der Waals surface area contributed by atoms with Gasteiger partial charge in [0.1, 0.15) is 0 Å². The van der Waals surface area contributed by atoms with Crippen molar-refractivity contribution >= 4 is 45.0 Å². The molecule has 0 fully saturated rings. The molecular formula is C2H2BrClMgO2. The second-order valence-corrected chi connectivity index (χ2v) is 1.07. The molecule has 0 aromatic rings. The third-order valence-electron chi connectivity index (χ3n) is 0.109. The quantitative estimate of drug-likeness (QED) is 0.316. The summed E-state index contributed by atoms with van der Waals surface area (Å²) in [5, 5.41) is 9.13. The van der Waals surface area contributed by atoms with Gasteiger partial charge in [-0.25, -0.2) is 0 Å². The maximum absolute atomic E-state index is 9.21. The molecule has 7 heavy (non-hydrogen) atoms. The van der Waals surface area contributed by atoms with Gasteiger partial charge in [0.15, 0.2) is 0 Å². The fourth-order valence-corrected chi connectivity index (χ4v) is 0. The number of alkyl halides is 1. The zero-order valence-corrected chi connectivity index (χ0v) is 7.24. The zero-order chi connectivity index (χ0) is 4.28. The number of hydrogen-bond acceptors (Lipinski definition) is 2. The smallest absolute Gasteiger partial charge is 1.00 e. The van der Waals surface area contributed by atoms with E-state index >= 15 is 0 Å². The van der Waals surface area contributed by atoms with Crippen LogP contribution >= 0.6 is 15.9 Å². The average molecular weight is 198 g/mol. The van der Waals surface area contributed by atoms with E-state index in [2.05, 4.69) is 15.9 Å². The van der Waals surface area contributed by atoms with Gasteiger partial charge in [0, 0.05) is 5.33 Å². The standard InChI is InChI=1S/C2H3BrO2.ClH.Mg/c3-1-2(4)5;;/h1H2,(H,4,5);1H;/q;;+2/p-2. The van der Waals surface area contributed by atoms with Crippen LogP contribution in [0.1, 0.15) is 0 Å². The van der Waals surface area contributed by atoms with E-state index in [4.69, 9.17) is 0 Å². The molecule has 38 valence electrons. The Bertz CT molecular complexity index is 51.0. The molecular weight excluding hydrogens is 196 g/mol. The molecule has 5 heteroatoms. The molecule has 0 N–H and O–H groups in total. The first-order chi connectivity index (χ1) is 2.27. The first-order valence-corrected chi connectivity index (χ1v) is 2.15. The number of halogens is 2. The van der Waals surface area contributed by atoms with Crippen LogP contribution in [0.25, 0.3) is 0 Å². The van der Waals surface area contributed by atoms with Crippen LogP contribution in [0.5, 0.6) is 0 Å². The molecule has 0 radical (unpaired) electrons. The van der Waals surface area contributed by atoms with E-state index in [9.17, 15) is 9.90 Å². The maximum atomic E-state index is 9.21. The monoisotopic (exact) mass is 196 g/mol. The average Bonchev–Trinajstić information content (AvgIpc) is 1.38. The van der Waals surface area contributed by atoms with Gasteiger partial charge >= 0.3 is 23.1 Å². The maximum Gasteiger partial charge on any atom is 2.00 e. The van der Waals surface area contributed by atoms with Crippen molar-refractivity contribution in [2.24, 2.45) is 0 Å². The summed E-state index contributed by atoms with van der Waals surface area (Å²) in [6, 6.07) is 0. The van der Waals surface area contributed by atoms with Crippen molar-refractivity contribution in [2.45, 2.75) is 0 Å². The minimum absolute atomic E-state index is 0. The predicted octanol–water partition coefficient (Wildman–Crippen LogP) is -4.25. The van der Waals surface area contributed by atoms with Gasteiger partial charge in [-0.3, -0.25) is 0 Å². The molecule has 0 saturated carbocycles. The Hall–Kier alpha value is 1.01. The van der Waals surface area contributed by atoms with Gasteiger partial charge in [0.05, 0.1) is 5.97 Å². The molecule has 0 atom stereocenters. The van der Waals surface area contributed by atoms with Crippen molar-refractivity contribution in [3.05, 3.63) is 0 Å². The zero-order valence-electron chi connectivity index (χ0n) is 3.49. The molecule has 0 aromatic carbocycles. The van der Waals surface area contributed by atoms with E-state index in [0.29, 0.717) is 0 Å². The number of hydrogen-bond donors (Lipinski definition) is 0. The fourth-order valence-electron chi connectivity index (χ4n) is 0. The minimum Gasteiger partial charge on any atom is -1.00 e. The summed E-state index contributed by atoms with van der Waals surface area (Å²) in [6.07, 6.45) is 0. The van der Waals surface area contributed by atoms with Crippen LogP contribution in [0.4, 0.5) is 0 Å². The summed E-state index contributed by atoms with van der Waals surface area (Å²) >= 11 is 2.65. The van der Waals surface area contributed by atoms with Crippen LogP contribution in [-0.4, -0.2) is 34.4 Å². The van der Waals surface area contributed by atoms with Crippen molar-refractivity contribution in [1.29, 1.82) is 0 Å². The Kier molecular flexibility index (Phi) is 22.6. The van der Waals surface area contributed by atoms with Gasteiger partial charge in [0.25, 0.3) is 0 Å². The third kappa shape index (κ3) is 19.4. The SMILES string of the molecule is O=C([O-])CBr.[Cl-].[Mg+2]. The molecule has 0 saturated heterocycles. The molecule has 0 aromatic heterocycles. The van der Waals surface area contributed by atoms with E-state index in [1.807, 2.05) is 0 Å². The Morgan fingerprint density at radius 1 is 1.71 bits per heavy atom. The Balaban J connectivity index is -0.0000000800. The van der Waals surface area contributed by atoms with Gasteiger partial charge in [-0.05, 0) is 0 Å². The van der Waals surface area contributed by atoms with Crippen molar-refractivity contribution in [3.8, 4) is 0 Å². The van der Waals surface area contributed by atoms with Crippen LogP contribution in [0.15, 0.2) is 0 Å². The molecule has 0 rings (SSSR count). The van der Waals surface area contributed by atoms with Crippen molar-refractivity contribution in [3.63, 3.8) is 0 Å². The van der Waals surface area contributed by atoms with E-state index < -0.39 is 5.97 Å². The van der Waals surface area contributed by atoms with E-state index in [-0.39, 0.29) is 40.8 Å². The first-order valence-electron chi connectivity index (χ1n) is 1.03. The summed E-state index contributed by atoms with van der Waals surface area (Å²) in [5.74, 6) is -1.08. The predicted molar refractivity (Wildman–Crippen MR) is 24.6 cm³/mol. The number of aliphatic carboxylic acids is 1. The summed E-state index contributed by atoms with van der Waals surface area (Å²) in [7, 11) is 0. The number of carboxylic acids is 1. The second kappa shape index (κ2) is 10.1. The number of carboxylic acid groups (broad SMARTS) is 1. The molecule has 0 unspecified atom stereocenters. The molecule has 0 aliphatic carbocycles. The summed E-state index contributed by atoms with van der Waals surface area (Å²) in [5.41, 5.74) is 0. The number of carbonyl (C=O) groups excluding carboxylic acids is 1. The normalized spacial score (nSPS) is 5.29. The Morgan fingerprint density at radius 3 is 1.86 bits per heavy atom.